The summed E-state index contributed by atoms with van der Waals surface area (Å²) in [6.45, 7) is 5.40. The molecule has 4 rings (SSSR count). The molecule has 0 radical (unpaired) electrons. The van der Waals surface area contributed by atoms with Gasteiger partial charge >= 0.3 is 0 Å². The molecule has 8 nitrogen and oxygen atoms in total. The van der Waals surface area contributed by atoms with Gasteiger partial charge in [0.05, 0.1) is 11.7 Å². The molecule has 2 aromatic carbocycles. The van der Waals surface area contributed by atoms with Crippen molar-refractivity contribution in [1.29, 1.82) is 0 Å². The summed E-state index contributed by atoms with van der Waals surface area (Å²) in [6, 6.07) is 15.7. The van der Waals surface area contributed by atoms with Crippen LogP contribution in [0, 0.1) is 0 Å². The minimum absolute atomic E-state index is 0.258. The number of benzene rings is 2. The van der Waals surface area contributed by atoms with Crippen LogP contribution in [0.5, 0.6) is 0 Å². The van der Waals surface area contributed by atoms with Gasteiger partial charge in [-0.1, -0.05) is 18.2 Å². The Balaban J connectivity index is 1.54. The smallest absolute Gasteiger partial charge is 0.247 e. The number of aromatic nitrogens is 3. The van der Waals surface area contributed by atoms with Crippen LogP contribution in [0.4, 0.5) is 23.0 Å². The number of hydrogen-bond donors (Lipinski definition) is 2. The van der Waals surface area contributed by atoms with Gasteiger partial charge < -0.3 is 20.4 Å². The highest BCUT2D eigenvalue weighted by molar-refractivity contribution is 6.32. The quantitative estimate of drug-likeness (QED) is 0.324. The minimum Gasteiger partial charge on any atom is -0.373 e. The lowest BCUT2D eigenvalue weighted by molar-refractivity contribution is -0.111. The van der Waals surface area contributed by atoms with Crippen LogP contribution < -0.4 is 15.5 Å². The van der Waals surface area contributed by atoms with Crippen molar-refractivity contribution < 1.29 is 4.79 Å². The first-order valence-corrected chi connectivity index (χ1v) is 11.5. The van der Waals surface area contributed by atoms with Crippen LogP contribution in [-0.2, 0) is 4.79 Å². The second kappa shape index (κ2) is 10.6. The van der Waals surface area contributed by atoms with E-state index >= 15 is 0 Å². The van der Waals surface area contributed by atoms with Crippen LogP contribution in [0.15, 0.2) is 73.6 Å². The molecule has 0 bridgehead atoms. The van der Waals surface area contributed by atoms with Crippen LogP contribution >= 0.6 is 11.6 Å². The molecule has 0 atom stereocenters. The van der Waals surface area contributed by atoms with Crippen LogP contribution in [0.3, 0.4) is 0 Å². The normalized spacial score (nSPS) is 11.0. The summed E-state index contributed by atoms with van der Waals surface area (Å²) < 4.78 is 1.90. The third kappa shape index (κ3) is 5.79. The summed E-state index contributed by atoms with van der Waals surface area (Å²) in [4.78, 5) is 25.0. The van der Waals surface area contributed by atoms with Crippen molar-refractivity contribution in [1.82, 2.24) is 19.4 Å². The third-order valence-electron chi connectivity index (χ3n) is 5.54. The molecular weight excluding hydrogens is 462 g/mol. The second-order valence-electron chi connectivity index (χ2n) is 8.41. The largest absolute Gasteiger partial charge is 0.373 e. The molecule has 35 heavy (non-hydrogen) atoms. The van der Waals surface area contributed by atoms with E-state index in [2.05, 4.69) is 70.3 Å². The van der Waals surface area contributed by atoms with Gasteiger partial charge in [0.2, 0.25) is 11.9 Å². The number of anilines is 4. The first-order valence-electron chi connectivity index (χ1n) is 11.1. The Bertz CT molecular complexity index is 1350. The molecular formula is C26H28ClN7O. The third-order valence-corrected chi connectivity index (χ3v) is 5.81. The monoisotopic (exact) mass is 489 g/mol. The molecule has 0 saturated heterocycles. The Kier molecular flexibility index (Phi) is 7.33. The molecule has 2 aromatic heterocycles. The number of likely N-dealkylation sites (N-methyl/N-ethyl adjacent to an activating group) is 2. The maximum atomic E-state index is 11.6. The number of carbonyl (C=O) groups is 1. The van der Waals surface area contributed by atoms with E-state index in [0.717, 1.165) is 35.4 Å². The van der Waals surface area contributed by atoms with E-state index in [0.29, 0.717) is 22.5 Å². The molecule has 0 unspecified atom stereocenters. The minimum atomic E-state index is -0.258. The van der Waals surface area contributed by atoms with E-state index in [1.807, 2.05) is 47.2 Å². The molecule has 4 aromatic rings. The lowest BCUT2D eigenvalue weighted by atomic mass is 10.2. The molecule has 0 saturated carbocycles. The summed E-state index contributed by atoms with van der Waals surface area (Å²) in [6.07, 6.45) is 4.71. The molecule has 0 spiro atoms. The summed E-state index contributed by atoms with van der Waals surface area (Å²) in [5, 5.41) is 7.39. The number of hydrogen-bond acceptors (Lipinski definition) is 6. The van der Waals surface area contributed by atoms with Gasteiger partial charge in [-0.05, 0) is 68.7 Å². The van der Waals surface area contributed by atoms with Crippen molar-refractivity contribution in [3.63, 3.8) is 0 Å². The van der Waals surface area contributed by atoms with Crippen LogP contribution in [-0.4, -0.2) is 59.6 Å². The zero-order chi connectivity index (χ0) is 24.9. The van der Waals surface area contributed by atoms with Gasteiger partial charge in [-0.2, -0.15) is 4.98 Å². The topological polar surface area (TPSA) is 78.3 Å². The number of nitrogens with zero attached hydrogens (tertiary/aromatic N) is 5. The first kappa shape index (κ1) is 24.3. The molecule has 2 N–H and O–H groups in total. The van der Waals surface area contributed by atoms with Gasteiger partial charge in [0.15, 0.2) is 5.82 Å². The number of fused-ring (bicyclic) bond motifs is 1. The van der Waals surface area contributed by atoms with Crippen LogP contribution in [0.1, 0.15) is 0 Å². The van der Waals surface area contributed by atoms with E-state index in [1.54, 1.807) is 6.20 Å². The maximum absolute atomic E-state index is 11.6. The van der Waals surface area contributed by atoms with E-state index in [-0.39, 0.29) is 5.91 Å². The molecule has 0 fully saturated rings. The number of rotatable bonds is 9. The number of nitrogens with one attached hydrogen (secondary N) is 2. The molecule has 180 valence electrons. The molecule has 9 heteroatoms. The summed E-state index contributed by atoms with van der Waals surface area (Å²) in [5.74, 6) is 0.739. The van der Waals surface area contributed by atoms with Crippen molar-refractivity contribution in [2.24, 2.45) is 0 Å². The molecule has 0 aliphatic rings. The Hall–Kier alpha value is -3.88. The second-order valence-corrected chi connectivity index (χ2v) is 8.82. The average molecular weight is 490 g/mol. The van der Waals surface area contributed by atoms with Gasteiger partial charge in [0.25, 0.3) is 0 Å². The average Bonchev–Trinajstić information content (AvgIpc) is 3.27. The van der Waals surface area contributed by atoms with Crippen molar-refractivity contribution >= 4 is 51.4 Å². The van der Waals surface area contributed by atoms with Gasteiger partial charge in [0.1, 0.15) is 5.02 Å². The highest BCUT2D eigenvalue weighted by Gasteiger charge is 2.12. The van der Waals surface area contributed by atoms with Crippen molar-refractivity contribution in [2.45, 2.75) is 0 Å². The number of carbonyl (C=O) groups excluding carboxylic acids is 1. The van der Waals surface area contributed by atoms with Gasteiger partial charge in [-0.3, -0.25) is 9.36 Å². The predicted octanol–water partition coefficient (Wildman–Crippen LogP) is 4.94. The molecule has 2 heterocycles. The number of halogens is 1. The predicted molar refractivity (Wildman–Crippen MR) is 144 cm³/mol. The van der Waals surface area contributed by atoms with E-state index in [9.17, 15) is 4.79 Å². The SMILES string of the molecule is C=CC(=O)Nc1ccc2c(ccn2-c2nc(Nc3ccc(N(C)CCN(C)C)cc3)ncc2Cl)c1. The van der Waals surface area contributed by atoms with Gasteiger partial charge in [-0.15, -0.1) is 0 Å². The van der Waals surface area contributed by atoms with Crippen molar-refractivity contribution in [3.8, 4) is 5.82 Å². The number of amides is 1. The molecule has 1 amide bonds. The Morgan fingerprint density at radius 3 is 2.54 bits per heavy atom. The van der Waals surface area contributed by atoms with Crippen molar-refractivity contribution in [2.75, 3.05) is 49.8 Å². The molecule has 0 aliphatic heterocycles. The summed E-state index contributed by atoms with van der Waals surface area (Å²) >= 11 is 6.47. The van der Waals surface area contributed by atoms with E-state index < -0.39 is 0 Å². The summed E-state index contributed by atoms with van der Waals surface area (Å²) in [7, 11) is 6.22. The van der Waals surface area contributed by atoms with Gasteiger partial charge in [0, 0.05) is 48.8 Å². The lowest BCUT2D eigenvalue weighted by Gasteiger charge is -2.21. The fourth-order valence-electron chi connectivity index (χ4n) is 3.59. The van der Waals surface area contributed by atoms with E-state index in [1.165, 1.54) is 6.08 Å². The standard InChI is InChI=1S/C26H28ClN7O/c1-5-24(35)29-20-8-11-23-18(16-20)12-13-34(23)25-22(27)17-28-26(31-25)30-19-6-9-21(10-7-19)33(4)15-14-32(2)3/h5-13,16-17H,1,14-15H2,2-4H3,(H,29,35)(H,28,30,31). The van der Waals surface area contributed by atoms with Crippen LogP contribution in [0.2, 0.25) is 5.02 Å². The Labute approximate surface area is 209 Å². The van der Waals surface area contributed by atoms with Crippen molar-refractivity contribution in [3.05, 3.63) is 78.6 Å². The fraction of sp³-hybridized carbons (Fsp3) is 0.192. The zero-order valence-electron chi connectivity index (χ0n) is 20.0. The first-order chi connectivity index (χ1) is 16.8. The Morgan fingerprint density at radius 2 is 1.83 bits per heavy atom. The fourth-order valence-corrected chi connectivity index (χ4v) is 3.78. The zero-order valence-corrected chi connectivity index (χ0v) is 20.8. The maximum Gasteiger partial charge on any atom is 0.247 e. The Morgan fingerprint density at radius 1 is 1.09 bits per heavy atom. The molecule has 0 aliphatic carbocycles. The highest BCUT2D eigenvalue weighted by atomic mass is 35.5. The lowest BCUT2D eigenvalue weighted by Crippen LogP contribution is -2.28. The highest BCUT2D eigenvalue weighted by Crippen LogP contribution is 2.28. The van der Waals surface area contributed by atoms with Gasteiger partial charge in [-0.25, -0.2) is 4.98 Å². The summed E-state index contributed by atoms with van der Waals surface area (Å²) in [5.41, 5.74) is 3.60. The van der Waals surface area contributed by atoms with E-state index in [4.69, 9.17) is 11.6 Å². The van der Waals surface area contributed by atoms with Crippen LogP contribution in [0.25, 0.3) is 16.7 Å².